The summed E-state index contributed by atoms with van der Waals surface area (Å²) in [6, 6.07) is 18.3. The van der Waals surface area contributed by atoms with Crippen molar-refractivity contribution >= 4 is 0 Å². The Balaban J connectivity index is 0.00000300. The van der Waals surface area contributed by atoms with Crippen LogP contribution >= 0.6 is 0 Å². The molecule has 153 valence electrons. The van der Waals surface area contributed by atoms with Gasteiger partial charge in [-0.3, -0.25) is 0 Å². The molecule has 1 aliphatic carbocycles. The first-order valence-corrected chi connectivity index (χ1v) is 9.87. The summed E-state index contributed by atoms with van der Waals surface area (Å²) in [4.78, 5) is 0. The van der Waals surface area contributed by atoms with Gasteiger partial charge in [0.05, 0.1) is 24.4 Å². The monoisotopic (exact) mass is 470 g/mol. The third-order valence-corrected chi connectivity index (χ3v) is 5.21. The Labute approximate surface area is 198 Å². The fraction of sp³-hybridized carbons (Fsp3) is 0.417. The van der Waals surface area contributed by atoms with E-state index >= 15 is 0 Å². The molecular weight excluding hydrogens is 441 g/mol. The molecule has 4 nitrogen and oxygen atoms in total. The van der Waals surface area contributed by atoms with E-state index in [0.29, 0.717) is 31.3 Å². The van der Waals surface area contributed by atoms with Crippen LogP contribution < -0.4 is 4.74 Å². The molecule has 0 spiro atoms. The number of hydrogen-bond acceptors (Lipinski definition) is 4. The van der Waals surface area contributed by atoms with Gasteiger partial charge in [-0.1, -0.05) is 26.0 Å². The molecule has 3 rings (SSSR count). The maximum atomic E-state index is 10.3. The SMILES string of the molecule is CC(C)C(O)c1cccc(OC[C@H]2C(O)=CC[C@@H]2COCc2c[c-]ccc2)c1.[Y]. The fourth-order valence-corrected chi connectivity index (χ4v) is 3.44. The molecule has 29 heavy (non-hydrogen) atoms. The maximum absolute atomic E-state index is 10.3. The first-order valence-electron chi connectivity index (χ1n) is 9.87. The zero-order valence-electron chi connectivity index (χ0n) is 17.1. The predicted molar refractivity (Wildman–Crippen MR) is 109 cm³/mol. The zero-order valence-corrected chi connectivity index (χ0v) is 20.0. The van der Waals surface area contributed by atoms with E-state index in [1.807, 2.05) is 68.5 Å². The topological polar surface area (TPSA) is 58.9 Å². The minimum Gasteiger partial charge on any atom is -0.512 e. The number of benzene rings is 2. The molecule has 2 aromatic rings. The molecule has 0 aromatic heterocycles. The molecule has 1 unspecified atom stereocenters. The van der Waals surface area contributed by atoms with Crippen LogP contribution in [-0.2, 0) is 44.1 Å². The molecule has 0 fully saturated rings. The average molecular weight is 470 g/mol. The van der Waals surface area contributed by atoms with Crippen molar-refractivity contribution in [1.29, 1.82) is 0 Å². The average Bonchev–Trinajstić information content (AvgIpc) is 3.06. The van der Waals surface area contributed by atoms with Crippen LogP contribution in [0.25, 0.3) is 0 Å². The number of ether oxygens (including phenoxy) is 2. The Kier molecular flexibility index (Phi) is 9.84. The molecule has 0 saturated carbocycles. The van der Waals surface area contributed by atoms with Crippen molar-refractivity contribution in [3.63, 3.8) is 0 Å². The van der Waals surface area contributed by atoms with Gasteiger partial charge in [-0.25, -0.2) is 0 Å². The standard InChI is InChI=1S/C24H29O4.Y/c1-17(2)24(26)19-9-6-10-21(13-19)28-16-22-20(11-12-23(22)25)15-27-14-18-7-4-3-5-8-18;/h3-4,6-10,12-13,17,20,22,24-26H,11,14-16H2,1-2H3;/q-1;/t20-,22-,24?;/m1./s1. The van der Waals surface area contributed by atoms with E-state index in [-0.39, 0.29) is 50.5 Å². The van der Waals surface area contributed by atoms with Gasteiger partial charge in [0.25, 0.3) is 0 Å². The van der Waals surface area contributed by atoms with E-state index in [1.54, 1.807) is 0 Å². The molecule has 3 atom stereocenters. The largest absolute Gasteiger partial charge is 0.512 e. The van der Waals surface area contributed by atoms with Gasteiger partial charge in [-0.15, -0.1) is 5.56 Å². The van der Waals surface area contributed by atoms with E-state index in [2.05, 4.69) is 6.07 Å². The molecule has 0 bridgehead atoms. The molecule has 0 heterocycles. The number of hydrogen-bond donors (Lipinski definition) is 2. The molecule has 2 N–H and O–H groups in total. The van der Waals surface area contributed by atoms with Crippen molar-refractivity contribution in [3.05, 3.63) is 77.6 Å². The summed E-state index contributed by atoms with van der Waals surface area (Å²) in [7, 11) is 0. The van der Waals surface area contributed by atoms with Gasteiger partial charge in [0.2, 0.25) is 0 Å². The fourth-order valence-electron chi connectivity index (χ4n) is 3.44. The molecule has 0 amide bonds. The molecule has 1 aliphatic rings. The first kappa shape index (κ1) is 24.1. The second-order valence-electron chi connectivity index (χ2n) is 7.73. The van der Waals surface area contributed by atoms with E-state index in [4.69, 9.17) is 9.47 Å². The second-order valence-corrected chi connectivity index (χ2v) is 7.73. The Bertz CT molecular complexity index is 775. The van der Waals surface area contributed by atoms with Gasteiger partial charge < -0.3 is 19.7 Å². The molecule has 0 aliphatic heterocycles. The maximum Gasteiger partial charge on any atom is 0.119 e. The number of aliphatic hydroxyl groups is 2. The van der Waals surface area contributed by atoms with Gasteiger partial charge in [0.1, 0.15) is 5.75 Å². The molecule has 5 heteroatoms. The van der Waals surface area contributed by atoms with Crippen molar-refractivity contribution < 1.29 is 52.4 Å². The van der Waals surface area contributed by atoms with Crippen LogP contribution in [0.1, 0.15) is 37.5 Å². The van der Waals surface area contributed by atoms with Gasteiger partial charge in [-0.05, 0) is 42.0 Å². The first-order chi connectivity index (χ1) is 13.5. The van der Waals surface area contributed by atoms with E-state index in [0.717, 1.165) is 17.5 Å². The summed E-state index contributed by atoms with van der Waals surface area (Å²) >= 11 is 0. The second kappa shape index (κ2) is 11.9. The third kappa shape index (κ3) is 6.92. The Morgan fingerprint density at radius 3 is 2.72 bits per heavy atom. The van der Waals surface area contributed by atoms with Gasteiger partial charge in [-0.2, -0.15) is 30.3 Å². The Morgan fingerprint density at radius 2 is 2.00 bits per heavy atom. The van der Waals surface area contributed by atoms with Crippen molar-refractivity contribution in [2.45, 2.75) is 33.0 Å². The number of aliphatic hydroxyl groups excluding tert-OH is 2. The normalized spacial score (nSPS) is 19.5. The smallest absolute Gasteiger partial charge is 0.119 e. The van der Waals surface area contributed by atoms with Crippen LogP contribution in [0.3, 0.4) is 0 Å². The van der Waals surface area contributed by atoms with Crippen LogP contribution in [0.15, 0.2) is 60.4 Å². The van der Waals surface area contributed by atoms with Crippen LogP contribution in [-0.4, -0.2) is 23.4 Å². The number of allylic oxidation sites excluding steroid dienone is 1. The third-order valence-electron chi connectivity index (χ3n) is 5.21. The van der Waals surface area contributed by atoms with Crippen molar-refractivity contribution in [1.82, 2.24) is 0 Å². The van der Waals surface area contributed by atoms with E-state index in [1.165, 1.54) is 0 Å². The van der Waals surface area contributed by atoms with Gasteiger partial charge in [0.15, 0.2) is 0 Å². The van der Waals surface area contributed by atoms with Crippen LogP contribution in [0.5, 0.6) is 5.75 Å². The summed E-state index contributed by atoms with van der Waals surface area (Å²) < 4.78 is 11.8. The summed E-state index contributed by atoms with van der Waals surface area (Å²) in [5, 5.41) is 20.5. The zero-order chi connectivity index (χ0) is 19.9. The Morgan fingerprint density at radius 1 is 1.17 bits per heavy atom. The quantitative estimate of drug-likeness (QED) is 0.515. The van der Waals surface area contributed by atoms with Crippen molar-refractivity contribution in [2.75, 3.05) is 13.2 Å². The van der Waals surface area contributed by atoms with Gasteiger partial charge >= 0.3 is 0 Å². The summed E-state index contributed by atoms with van der Waals surface area (Å²) in [5.74, 6) is 1.33. The van der Waals surface area contributed by atoms with Gasteiger partial charge in [0, 0.05) is 45.9 Å². The van der Waals surface area contributed by atoms with Crippen LogP contribution in [0.2, 0.25) is 0 Å². The van der Waals surface area contributed by atoms with Crippen molar-refractivity contribution in [2.24, 2.45) is 17.8 Å². The summed E-state index contributed by atoms with van der Waals surface area (Å²) in [5.41, 5.74) is 1.93. The van der Waals surface area contributed by atoms with Crippen LogP contribution in [0.4, 0.5) is 0 Å². The minimum atomic E-state index is -0.514. The number of rotatable bonds is 9. The van der Waals surface area contributed by atoms with E-state index < -0.39 is 6.10 Å². The molecule has 2 aromatic carbocycles. The minimum absolute atomic E-state index is 0. The van der Waals surface area contributed by atoms with Crippen LogP contribution in [0, 0.1) is 23.8 Å². The molecule has 0 saturated heterocycles. The van der Waals surface area contributed by atoms with Crippen molar-refractivity contribution in [3.8, 4) is 5.75 Å². The predicted octanol–water partition coefficient (Wildman–Crippen LogP) is 4.85. The molecular formula is C24H29O4Y-. The summed E-state index contributed by atoms with van der Waals surface area (Å²) in [6.45, 7) is 5.46. The molecule has 1 radical (unpaired) electrons. The summed E-state index contributed by atoms with van der Waals surface area (Å²) in [6.07, 6.45) is 2.13. The Hall–Kier alpha value is -1.20. The van der Waals surface area contributed by atoms with E-state index in [9.17, 15) is 10.2 Å².